The van der Waals surface area contributed by atoms with E-state index in [0.29, 0.717) is 28.5 Å². The Morgan fingerprint density at radius 2 is 1.13 bits per heavy atom. The Labute approximate surface area is 321 Å². The van der Waals surface area contributed by atoms with Crippen LogP contribution in [0.1, 0.15) is 49.7 Å². The summed E-state index contributed by atoms with van der Waals surface area (Å²) < 4.78 is 2.23. The summed E-state index contributed by atoms with van der Waals surface area (Å²) in [4.78, 5) is 15.5. The average molecular weight is 710 g/mol. The second-order valence-corrected chi connectivity index (χ2v) is 16.2. The van der Waals surface area contributed by atoms with E-state index < -0.39 is 0 Å². The van der Waals surface area contributed by atoms with Gasteiger partial charge in [0.2, 0.25) is 0 Å². The summed E-state index contributed by atoms with van der Waals surface area (Å²) in [6.45, 7) is 0. The SMILES string of the molecule is N#Cc1ccc2c3ccccc3n(-c3cccc(-c4nc(-c5ccccc5)nc(-c5ccccc5-c5ccc(C67CC8CC(CC(C8)C6)C7)cc5)n4)c3)c2c1. The third-order valence-electron chi connectivity index (χ3n) is 12.8. The van der Waals surface area contributed by atoms with Crippen molar-refractivity contribution >= 4 is 21.8 Å². The van der Waals surface area contributed by atoms with E-state index in [1.165, 1.54) is 49.7 Å². The van der Waals surface area contributed by atoms with E-state index in [-0.39, 0.29) is 0 Å². The van der Waals surface area contributed by atoms with Crippen LogP contribution in [0.4, 0.5) is 0 Å². The summed E-state index contributed by atoms with van der Waals surface area (Å²) in [5.41, 5.74) is 10.7. The van der Waals surface area contributed by atoms with Crippen LogP contribution in [0.5, 0.6) is 0 Å². The predicted octanol–water partition coefficient (Wildman–Crippen LogP) is 12.0. The Balaban J connectivity index is 1.03. The number of hydrogen-bond donors (Lipinski definition) is 0. The summed E-state index contributed by atoms with van der Waals surface area (Å²) >= 11 is 0. The molecular weight excluding hydrogens is 671 g/mol. The van der Waals surface area contributed by atoms with Crippen molar-refractivity contribution in [1.29, 1.82) is 5.26 Å². The van der Waals surface area contributed by atoms with Crippen molar-refractivity contribution in [1.82, 2.24) is 19.5 Å². The summed E-state index contributed by atoms with van der Waals surface area (Å²) in [6, 6.07) is 53.2. The van der Waals surface area contributed by atoms with Crippen LogP contribution in [-0.2, 0) is 5.41 Å². The highest BCUT2D eigenvalue weighted by molar-refractivity contribution is 6.09. The predicted molar refractivity (Wildman–Crippen MR) is 220 cm³/mol. The second-order valence-electron chi connectivity index (χ2n) is 16.2. The first-order valence-electron chi connectivity index (χ1n) is 19.7. The molecule has 0 saturated heterocycles. The molecule has 4 aliphatic rings. The molecule has 4 bridgehead atoms. The van der Waals surface area contributed by atoms with Crippen molar-refractivity contribution in [3.05, 3.63) is 157 Å². The van der Waals surface area contributed by atoms with E-state index in [9.17, 15) is 5.26 Å². The highest BCUT2D eigenvalue weighted by atomic mass is 15.0. The Morgan fingerprint density at radius 3 is 1.87 bits per heavy atom. The standard InChI is InChI=1S/C50H39N5/c51-31-32-17-22-43-42-14-6-7-16-45(42)55(46(43)26-32)40-12-8-11-38(27-40)48-52-47(37-9-2-1-3-10-37)53-49(54-48)44-15-5-4-13-41(44)36-18-20-39(21-19-36)50-28-33-23-34(29-50)25-35(24-33)30-50/h1-22,26-27,33-35H,23-25,28-30H2. The number of rotatable bonds is 6. The number of nitriles is 1. The van der Waals surface area contributed by atoms with Crippen LogP contribution in [0, 0.1) is 29.1 Å². The molecule has 0 spiro atoms. The van der Waals surface area contributed by atoms with Gasteiger partial charge in [-0.1, -0.05) is 115 Å². The third-order valence-corrected chi connectivity index (χ3v) is 12.8. The Hall–Kier alpha value is -6.38. The molecule has 0 unspecified atom stereocenters. The van der Waals surface area contributed by atoms with E-state index >= 15 is 0 Å². The van der Waals surface area contributed by atoms with Crippen LogP contribution in [0.2, 0.25) is 0 Å². The minimum absolute atomic E-state index is 0.367. The lowest BCUT2D eigenvalue weighted by Crippen LogP contribution is -2.48. The van der Waals surface area contributed by atoms with Crippen molar-refractivity contribution in [2.45, 2.75) is 43.9 Å². The summed E-state index contributed by atoms with van der Waals surface area (Å²) in [5, 5.41) is 12.0. The van der Waals surface area contributed by atoms with Crippen molar-refractivity contribution < 1.29 is 0 Å². The third kappa shape index (κ3) is 5.39. The molecule has 2 aromatic heterocycles. The van der Waals surface area contributed by atoms with Gasteiger partial charge in [0.1, 0.15) is 0 Å². The molecule has 4 fully saturated rings. The highest BCUT2D eigenvalue weighted by Gasteiger charge is 2.51. The van der Waals surface area contributed by atoms with Crippen LogP contribution in [0.25, 0.3) is 72.8 Å². The van der Waals surface area contributed by atoms with Crippen LogP contribution in [-0.4, -0.2) is 19.5 Å². The number of nitrogens with zero attached hydrogens (tertiary/aromatic N) is 5. The number of hydrogen-bond acceptors (Lipinski definition) is 4. The zero-order chi connectivity index (χ0) is 36.5. The molecule has 0 amide bonds. The molecule has 4 saturated carbocycles. The van der Waals surface area contributed by atoms with Crippen molar-refractivity contribution in [3.63, 3.8) is 0 Å². The van der Waals surface area contributed by atoms with Gasteiger partial charge in [0, 0.05) is 33.2 Å². The maximum Gasteiger partial charge on any atom is 0.164 e. The van der Waals surface area contributed by atoms with Gasteiger partial charge in [0.25, 0.3) is 0 Å². The Morgan fingerprint density at radius 1 is 0.509 bits per heavy atom. The van der Waals surface area contributed by atoms with Crippen molar-refractivity contribution in [2.24, 2.45) is 17.8 Å². The quantitative estimate of drug-likeness (QED) is 0.172. The molecule has 4 aliphatic carbocycles. The zero-order valence-electron chi connectivity index (χ0n) is 30.6. The molecule has 0 atom stereocenters. The monoisotopic (exact) mass is 709 g/mol. The van der Waals surface area contributed by atoms with Gasteiger partial charge in [-0.25, -0.2) is 15.0 Å². The first kappa shape index (κ1) is 32.1. The number of benzene rings is 6. The van der Waals surface area contributed by atoms with Crippen LogP contribution < -0.4 is 0 Å². The number of para-hydroxylation sites is 1. The molecule has 5 heteroatoms. The fraction of sp³-hybridized carbons (Fsp3) is 0.200. The molecule has 0 N–H and O–H groups in total. The van der Waals surface area contributed by atoms with E-state index in [0.717, 1.165) is 67.5 Å². The molecule has 2 heterocycles. The van der Waals surface area contributed by atoms with E-state index in [1.54, 1.807) is 0 Å². The second kappa shape index (κ2) is 12.6. The molecule has 12 rings (SSSR count). The smallest absolute Gasteiger partial charge is 0.164 e. The lowest BCUT2D eigenvalue weighted by Gasteiger charge is -2.57. The maximum atomic E-state index is 9.78. The van der Waals surface area contributed by atoms with Gasteiger partial charge in [-0.05, 0) is 109 Å². The molecule has 264 valence electrons. The topological polar surface area (TPSA) is 67.4 Å². The highest BCUT2D eigenvalue weighted by Crippen LogP contribution is 2.60. The summed E-state index contributed by atoms with van der Waals surface area (Å²) in [5.74, 6) is 4.64. The lowest BCUT2D eigenvalue weighted by atomic mass is 9.48. The molecule has 5 nitrogen and oxygen atoms in total. The largest absolute Gasteiger partial charge is 0.309 e. The fourth-order valence-electron chi connectivity index (χ4n) is 10.8. The average Bonchev–Trinajstić information content (AvgIpc) is 3.57. The number of aromatic nitrogens is 4. The van der Waals surface area contributed by atoms with Crippen LogP contribution in [0.3, 0.4) is 0 Å². The van der Waals surface area contributed by atoms with Gasteiger partial charge in [-0.15, -0.1) is 0 Å². The van der Waals surface area contributed by atoms with Gasteiger partial charge < -0.3 is 4.57 Å². The Kier molecular flexibility index (Phi) is 7.35. The Bertz CT molecular complexity index is 2770. The molecule has 55 heavy (non-hydrogen) atoms. The molecular formula is C50H39N5. The molecule has 6 aromatic carbocycles. The van der Waals surface area contributed by atoms with Crippen LogP contribution in [0.15, 0.2) is 146 Å². The van der Waals surface area contributed by atoms with Crippen molar-refractivity contribution in [3.8, 4) is 57.0 Å². The first-order valence-corrected chi connectivity index (χ1v) is 19.7. The van der Waals surface area contributed by atoms with Gasteiger partial charge >= 0.3 is 0 Å². The number of fused-ring (bicyclic) bond motifs is 3. The normalized spacial score (nSPS) is 21.3. The summed E-state index contributed by atoms with van der Waals surface area (Å²) in [6.07, 6.45) is 8.46. The minimum atomic E-state index is 0.367. The summed E-state index contributed by atoms with van der Waals surface area (Å²) in [7, 11) is 0. The first-order chi connectivity index (χ1) is 27.1. The van der Waals surface area contributed by atoms with E-state index in [4.69, 9.17) is 15.0 Å². The van der Waals surface area contributed by atoms with Gasteiger partial charge in [0.05, 0.1) is 22.7 Å². The fourth-order valence-corrected chi connectivity index (χ4v) is 10.8. The molecule has 8 aromatic rings. The van der Waals surface area contributed by atoms with E-state index in [1.807, 2.05) is 30.3 Å². The van der Waals surface area contributed by atoms with Crippen molar-refractivity contribution in [2.75, 3.05) is 0 Å². The minimum Gasteiger partial charge on any atom is -0.309 e. The van der Waals surface area contributed by atoms with E-state index in [2.05, 4.69) is 126 Å². The van der Waals surface area contributed by atoms with Gasteiger partial charge in [-0.3, -0.25) is 0 Å². The molecule has 0 aliphatic heterocycles. The molecule has 0 radical (unpaired) electrons. The van der Waals surface area contributed by atoms with Crippen LogP contribution >= 0.6 is 0 Å². The lowest BCUT2D eigenvalue weighted by molar-refractivity contribution is -0.00518. The van der Waals surface area contributed by atoms with Gasteiger partial charge in [-0.2, -0.15) is 5.26 Å². The maximum absolute atomic E-state index is 9.78. The zero-order valence-corrected chi connectivity index (χ0v) is 30.6. The van der Waals surface area contributed by atoms with Gasteiger partial charge in [0.15, 0.2) is 17.5 Å².